The number of pyridine rings is 1. The van der Waals surface area contributed by atoms with E-state index in [1.807, 2.05) is 18.2 Å². The van der Waals surface area contributed by atoms with Gasteiger partial charge in [-0.3, -0.25) is 0 Å². The molecule has 1 unspecified atom stereocenters. The summed E-state index contributed by atoms with van der Waals surface area (Å²) in [4.78, 5) is 4.14. The fourth-order valence-electron chi connectivity index (χ4n) is 2.91. The van der Waals surface area contributed by atoms with Crippen LogP contribution in [0.2, 0.25) is 0 Å². The van der Waals surface area contributed by atoms with E-state index in [2.05, 4.69) is 4.98 Å². The van der Waals surface area contributed by atoms with Crippen LogP contribution in [-0.4, -0.2) is 4.98 Å². The molecule has 0 fully saturated rings. The molecule has 0 bridgehead atoms. The monoisotopic (exact) mass is 336 g/mol. The smallest absolute Gasteiger partial charge is 0.219 e. The lowest BCUT2D eigenvalue weighted by Crippen LogP contribution is -2.15. The van der Waals surface area contributed by atoms with Crippen LogP contribution in [0, 0.1) is 5.82 Å². The van der Waals surface area contributed by atoms with Gasteiger partial charge in [0, 0.05) is 6.07 Å². The summed E-state index contributed by atoms with van der Waals surface area (Å²) in [5.41, 5.74) is 8.29. The number of aryl methyl sites for hydroxylation is 1. The van der Waals surface area contributed by atoms with Crippen molar-refractivity contribution in [1.82, 2.24) is 4.98 Å². The molecule has 0 amide bonds. The lowest BCUT2D eigenvalue weighted by molar-refractivity contribution is 0.176. The van der Waals surface area contributed by atoms with Crippen molar-refractivity contribution in [3.05, 3.63) is 77.7 Å². The van der Waals surface area contributed by atoms with Crippen LogP contribution in [0.25, 0.3) is 0 Å². The molecule has 2 aromatic carbocycles. The summed E-state index contributed by atoms with van der Waals surface area (Å²) in [6, 6.07) is 15.7. The van der Waals surface area contributed by atoms with Crippen molar-refractivity contribution in [1.29, 1.82) is 0 Å². The third-order valence-electron chi connectivity index (χ3n) is 4.20. The summed E-state index contributed by atoms with van der Waals surface area (Å²) in [5, 5.41) is 0. The molecule has 126 valence electrons. The van der Waals surface area contributed by atoms with Gasteiger partial charge in [-0.2, -0.15) is 0 Å². The molecule has 4 rings (SSSR count). The summed E-state index contributed by atoms with van der Waals surface area (Å²) in [7, 11) is 0. The lowest BCUT2D eigenvalue weighted by Gasteiger charge is -2.26. The second-order valence-corrected chi connectivity index (χ2v) is 6.00. The Kier molecular flexibility index (Phi) is 3.98. The van der Waals surface area contributed by atoms with Crippen LogP contribution in [0.5, 0.6) is 17.4 Å². The highest BCUT2D eigenvalue weighted by molar-refractivity contribution is 5.44. The number of ether oxygens (including phenoxy) is 2. The van der Waals surface area contributed by atoms with Crippen LogP contribution < -0.4 is 15.2 Å². The van der Waals surface area contributed by atoms with Crippen molar-refractivity contribution in [2.75, 3.05) is 5.73 Å². The van der Waals surface area contributed by atoms with Gasteiger partial charge in [-0.1, -0.05) is 12.1 Å². The molecular formula is C20H17FN2O2. The molecule has 1 aliphatic rings. The molecule has 1 atom stereocenters. The molecule has 2 heterocycles. The molecule has 4 nitrogen and oxygen atoms in total. The van der Waals surface area contributed by atoms with E-state index in [1.54, 1.807) is 30.5 Å². The number of benzene rings is 2. The Balaban J connectivity index is 1.50. The van der Waals surface area contributed by atoms with Gasteiger partial charge in [0.15, 0.2) is 0 Å². The van der Waals surface area contributed by atoms with E-state index >= 15 is 0 Å². The number of aromatic nitrogens is 1. The Labute approximate surface area is 145 Å². The standard InChI is InChI=1S/C20H17FN2O2/c21-15-4-1-13(2-5-15)18-8-3-14-11-17(7-9-19(14)25-18)24-20-10-6-16(22)12-23-20/h1-2,4-7,9-12,18H,3,8,22H2. The number of nitrogen functional groups attached to an aromatic ring is 1. The number of nitrogens with zero attached hydrogens (tertiary/aromatic N) is 1. The van der Waals surface area contributed by atoms with Gasteiger partial charge in [-0.05, 0) is 60.4 Å². The summed E-state index contributed by atoms with van der Waals surface area (Å²) < 4.78 is 24.9. The van der Waals surface area contributed by atoms with Crippen molar-refractivity contribution < 1.29 is 13.9 Å². The van der Waals surface area contributed by atoms with Crippen molar-refractivity contribution in [3.8, 4) is 17.4 Å². The van der Waals surface area contributed by atoms with Gasteiger partial charge in [0.05, 0.1) is 11.9 Å². The van der Waals surface area contributed by atoms with Gasteiger partial charge in [-0.15, -0.1) is 0 Å². The number of hydrogen-bond donors (Lipinski definition) is 1. The second kappa shape index (κ2) is 6.43. The summed E-state index contributed by atoms with van der Waals surface area (Å²) in [6.45, 7) is 0. The number of rotatable bonds is 3. The predicted molar refractivity (Wildman–Crippen MR) is 93.3 cm³/mol. The SMILES string of the molecule is Nc1ccc(Oc2ccc3c(c2)CCC(c2ccc(F)cc2)O3)nc1. The van der Waals surface area contributed by atoms with E-state index in [0.29, 0.717) is 17.3 Å². The molecule has 0 spiro atoms. The third kappa shape index (κ3) is 3.40. The van der Waals surface area contributed by atoms with E-state index in [4.69, 9.17) is 15.2 Å². The topological polar surface area (TPSA) is 57.4 Å². The Morgan fingerprint density at radius 1 is 1.08 bits per heavy atom. The Morgan fingerprint density at radius 3 is 2.68 bits per heavy atom. The van der Waals surface area contributed by atoms with E-state index in [0.717, 1.165) is 29.7 Å². The molecule has 0 aliphatic carbocycles. The van der Waals surface area contributed by atoms with Gasteiger partial charge >= 0.3 is 0 Å². The van der Waals surface area contributed by atoms with Crippen molar-refractivity contribution >= 4 is 5.69 Å². The van der Waals surface area contributed by atoms with E-state index in [1.165, 1.54) is 12.1 Å². The zero-order valence-corrected chi connectivity index (χ0v) is 13.5. The van der Waals surface area contributed by atoms with E-state index < -0.39 is 0 Å². The first-order valence-electron chi connectivity index (χ1n) is 8.12. The van der Waals surface area contributed by atoms with Gasteiger partial charge in [0.2, 0.25) is 5.88 Å². The average Bonchev–Trinajstić information content (AvgIpc) is 2.64. The van der Waals surface area contributed by atoms with Crippen LogP contribution in [0.3, 0.4) is 0 Å². The first-order chi connectivity index (χ1) is 12.2. The number of halogens is 1. The summed E-state index contributed by atoms with van der Waals surface area (Å²) in [6.07, 6.45) is 3.20. The maximum Gasteiger partial charge on any atom is 0.219 e. The van der Waals surface area contributed by atoms with Gasteiger partial charge in [0.25, 0.3) is 0 Å². The zero-order valence-electron chi connectivity index (χ0n) is 13.5. The average molecular weight is 336 g/mol. The van der Waals surface area contributed by atoms with Gasteiger partial charge in [-0.25, -0.2) is 9.37 Å². The highest BCUT2D eigenvalue weighted by Gasteiger charge is 2.22. The highest BCUT2D eigenvalue weighted by atomic mass is 19.1. The van der Waals surface area contributed by atoms with Crippen LogP contribution in [0.1, 0.15) is 23.7 Å². The number of anilines is 1. The summed E-state index contributed by atoms with van der Waals surface area (Å²) in [5.74, 6) is 1.80. The fraction of sp³-hybridized carbons (Fsp3) is 0.150. The Morgan fingerprint density at radius 2 is 1.92 bits per heavy atom. The lowest BCUT2D eigenvalue weighted by atomic mass is 9.97. The molecule has 0 radical (unpaired) electrons. The highest BCUT2D eigenvalue weighted by Crippen LogP contribution is 2.37. The van der Waals surface area contributed by atoms with E-state index in [9.17, 15) is 4.39 Å². The van der Waals surface area contributed by atoms with Gasteiger partial charge < -0.3 is 15.2 Å². The Hall–Kier alpha value is -3.08. The molecule has 0 saturated carbocycles. The molecule has 5 heteroatoms. The van der Waals surface area contributed by atoms with Crippen molar-refractivity contribution in [3.63, 3.8) is 0 Å². The van der Waals surface area contributed by atoms with Crippen molar-refractivity contribution in [2.24, 2.45) is 0 Å². The number of nitrogens with two attached hydrogens (primary N) is 1. The second-order valence-electron chi connectivity index (χ2n) is 6.00. The van der Waals surface area contributed by atoms with Crippen LogP contribution in [-0.2, 0) is 6.42 Å². The van der Waals surface area contributed by atoms with Crippen LogP contribution >= 0.6 is 0 Å². The third-order valence-corrected chi connectivity index (χ3v) is 4.20. The molecular weight excluding hydrogens is 319 g/mol. The number of fused-ring (bicyclic) bond motifs is 1. The molecule has 0 saturated heterocycles. The first-order valence-corrected chi connectivity index (χ1v) is 8.12. The first kappa shape index (κ1) is 15.4. The fourth-order valence-corrected chi connectivity index (χ4v) is 2.91. The van der Waals surface area contributed by atoms with Crippen LogP contribution in [0.15, 0.2) is 60.8 Å². The summed E-state index contributed by atoms with van der Waals surface area (Å²) >= 11 is 0. The van der Waals surface area contributed by atoms with Crippen molar-refractivity contribution in [2.45, 2.75) is 18.9 Å². The predicted octanol–water partition coefficient (Wildman–Crippen LogP) is 4.66. The quantitative estimate of drug-likeness (QED) is 0.755. The minimum atomic E-state index is -0.238. The minimum Gasteiger partial charge on any atom is -0.485 e. The molecule has 3 aromatic rings. The Bertz CT molecular complexity index is 879. The number of hydrogen-bond acceptors (Lipinski definition) is 4. The molecule has 1 aliphatic heterocycles. The minimum absolute atomic E-state index is 0.0568. The van der Waals surface area contributed by atoms with Gasteiger partial charge in [0.1, 0.15) is 23.4 Å². The van der Waals surface area contributed by atoms with E-state index in [-0.39, 0.29) is 11.9 Å². The molecule has 25 heavy (non-hydrogen) atoms. The van der Waals surface area contributed by atoms with Crippen LogP contribution in [0.4, 0.5) is 10.1 Å². The molecule has 1 aromatic heterocycles. The maximum absolute atomic E-state index is 13.1. The molecule has 2 N–H and O–H groups in total. The maximum atomic E-state index is 13.1. The normalized spacial score (nSPS) is 16.0. The largest absolute Gasteiger partial charge is 0.485 e. The zero-order chi connectivity index (χ0) is 17.2.